The van der Waals surface area contributed by atoms with Gasteiger partial charge in [0.15, 0.2) is 0 Å². The molecule has 3 nitrogen and oxygen atoms in total. The van der Waals surface area contributed by atoms with Crippen LogP contribution in [0.4, 0.5) is 0 Å². The van der Waals surface area contributed by atoms with Crippen molar-refractivity contribution in [3.05, 3.63) is 74.7 Å². The van der Waals surface area contributed by atoms with Crippen LogP contribution in [0.3, 0.4) is 0 Å². The van der Waals surface area contributed by atoms with Crippen LogP contribution in [0.2, 0.25) is 0 Å². The van der Waals surface area contributed by atoms with Crippen molar-refractivity contribution in [2.75, 3.05) is 7.11 Å². The maximum atomic E-state index is 6.23. The van der Waals surface area contributed by atoms with Gasteiger partial charge in [-0.1, -0.05) is 45.9 Å². The molecule has 6 aromatic rings. The Morgan fingerprint density at radius 3 is 2.10 bits per heavy atom. The fourth-order valence-electron chi connectivity index (χ4n) is 7.42. The molecule has 0 N–H and O–H groups in total. The molecule has 3 heterocycles. The molecule has 3 aromatic carbocycles. The summed E-state index contributed by atoms with van der Waals surface area (Å²) in [5.74, 6) is 0.973. The number of nitrogens with zero attached hydrogens (tertiary/aromatic N) is 2. The van der Waals surface area contributed by atoms with Gasteiger partial charge in [0, 0.05) is 41.5 Å². The molecular formula is C34H30N2OS3. The molecule has 0 unspecified atom stereocenters. The Morgan fingerprint density at radius 1 is 0.700 bits per heavy atom. The lowest BCUT2D eigenvalue weighted by molar-refractivity contribution is 0.416. The molecule has 0 saturated heterocycles. The Bertz CT molecular complexity index is 2090. The smallest absolute Gasteiger partial charge is 0.128 e. The zero-order chi connectivity index (χ0) is 27.9. The highest BCUT2D eigenvalue weighted by atomic mass is 32.1. The molecule has 0 amide bonds. The Hall–Kier alpha value is -3.06. The predicted octanol–water partition coefficient (Wildman–Crippen LogP) is 10.2. The molecule has 0 bridgehead atoms. The molecule has 2 aliphatic carbocycles. The van der Waals surface area contributed by atoms with Gasteiger partial charge in [-0.25, -0.2) is 0 Å². The molecule has 40 heavy (non-hydrogen) atoms. The largest absolute Gasteiger partial charge is 0.496 e. The Balaban J connectivity index is 1.43. The van der Waals surface area contributed by atoms with Crippen LogP contribution >= 0.6 is 34.4 Å². The summed E-state index contributed by atoms with van der Waals surface area (Å²) in [6.07, 6.45) is 0. The molecule has 0 saturated carbocycles. The second-order valence-electron chi connectivity index (χ2n) is 12.5. The van der Waals surface area contributed by atoms with Crippen molar-refractivity contribution in [1.29, 1.82) is 0 Å². The lowest BCUT2D eigenvalue weighted by Gasteiger charge is -2.28. The summed E-state index contributed by atoms with van der Waals surface area (Å²) in [6, 6.07) is 14.0. The van der Waals surface area contributed by atoms with Gasteiger partial charge in [0.05, 0.1) is 18.8 Å². The lowest BCUT2D eigenvalue weighted by atomic mass is 9.75. The summed E-state index contributed by atoms with van der Waals surface area (Å²) < 4.78 is 15.5. The standard InChI is InChI=1S/C34H30N2OS3/c1-15-9-10-18(30-29(15)35-40-36-30)24-14-22-32(39-24)26-23(37-8)13-20-19(28(26)34(22,6)7)11-16(2)25-27(20)33(4,5)21-12-17(3)38-31(21)25/h9-14H,1-8H3. The highest BCUT2D eigenvalue weighted by Crippen LogP contribution is 2.62. The van der Waals surface area contributed by atoms with Gasteiger partial charge in [0.25, 0.3) is 0 Å². The third kappa shape index (κ3) is 2.89. The minimum absolute atomic E-state index is 0.0575. The van der Waals surface area contributed by atoms with Gasteiger partial charge < -0.3 is 4.74 Å². The predicted molar refractivity (Wildman–Crippen MR) is 172 cm³/mol. The first-order valence-electron chi connectivity index (χ1n) is 13.7. The lowest BCUT2D eigenvalue weighted by Crippen LogP contribution is -2.18. The van der Waals surface area contributed by atoms with Crippen LogP contribution in [-0.2, 0) is 10.8 Å². The number of ether oxygens (including phenoxy) is 1. The number of hydrogen-bond donors (Lipinski definition) is 0. The van der Waals surface area contributed by atoms with Crippen LogP contribution in [0.1, 0.15) is 66.0 Å². The van der Waals surface area contributed by atoms with Crippen molar-refractivity contribution >= 4 is 56.2 Å². The third-order valence-electron chi connectivity index (χ3n) is 9.35. The summed E-state index contributed by atoms with van der Waals surface area (Å²) >= 11 is 5.09. The van der Waals surface area contributed by atoms with E-state index in [-0.39, 0.29) is 10.8 Å². The molecule has 0 aliphatic heterocycles. The van der Waals surface area contributed by atoms with Crippen molar-refractivity contribution in [3.63, 3.8) is 0 Å². The summed E-state index contributed by atoms with van der Waals surface area (Å²) in [4.78, 5) is 5.39. The molecule has 3 aromatic heterocycles. The van der Waals surface area contributed by atoms with E-state index in [1.165, 1.54) is 92.1 Å². The number of hydrogen-bond acceptors (Lipinski definition) is 6. The Labute approximate surface area is 246 Å². The highest BCUT2D eigenvalue weighted by molar-refractivity contribution is 7.19. The van der Waals surface area contributed by atoms with Crippen molar-refractivity contribution in [1.82, 2.24) is 8.75 Å². The van der Waals surface area contributed by atoms with E-state index in [9.17, 15) is 0 Å². The van der Waals surface area contributed by atoms with E-state index in [2.05, 4.69) is 93.6 Å². The molecule has 200 valence electrons. The number of benzene rings is 3. The minimum Gasteiger partial charge on any atom is -0.496 e. The minimum atomic E-state index is -0.166. The topological polar surface area (TPSA) is 35.0 Å². The van der Waals surface area contributed by atoms with Crippen LogP contribution < -0.4 is 4.74 Å². The number of thiophene rings is 2. The molecule has 0 fully saturated rings. The summed E-state index contributed by atoms with van der Waals surface area (Å²) in [7, 11) is 1.82. The normalized spacial score (nSPS) is 15.9. The van der Waals surface area contributed by atoms with Gasteiger partial charge >= 0.3 is 0 Å². The van der Waals surface area contributed by atoms with Gasteiger partial charge in [-0.2, -0.15) is 8.75 Å². The van der Waals surface area contributed by atoms with E-state index in [0.29, 0.717) is 0 Å². The first kappa shape index (κ1) is 24.7. The molecule has 0 atom stereocenters. The fourth-order valence-corrected chi connectivity index (χ4v) is 10.7. The van der Waals surface area contributed by atoms with E-state index in [4.69, 9.17) is 4.74 Å². The Kier molecular flexibility index (Phi) is 4.83. The van der Waals surface area contributed by atoms with Crippen LogP contribution in [0.25, 0.3) is 53.1 Å². The maximum Gasteiger partial charge on any atom is 0.128 e. The average molecular weight is 579 g/mol. The third-order valence-corrected chi connectivity index (χ3v) is 12.1. The number of aryl methyl sites for hydroxylation is 3. The SMILES string of the molecule is COc1cc2c3c(c(C)cc2c2c1-c1sc(-c4ccc(C)c5nsnc45)cc1C2(C)C)-c1sc(C)cc1C3(C)C. The molecular weight excluding hydrogens is 549 g/mol. The number of aromatic nitrogens is 2. The van der Waals surface area contributed by atoms with E-state index < -0.39 is 0 Å². The summed E-state index contributed by atoms with van der Waals surface area (Å²) in [5.41, 5.74) is 13.9. The molecule has 8 rings (SSSR count). The van der Waals surface area contributed by atoms with Gasteiger partial charge in [-0.05, 0) is 88.7 Å². The molecule has 0 radical (unpaired) electrons. The molecule has 6 heteroatoms. The summed E-state index contributed by atoms with van der Waals surface area (Å²) in [6.45, 7) is 16.2. The average Bonchev–Trinajstić information content (AvgIpc) is 3.70. The van der Waals surface area contributed by atoms with Crippen LogP contribution in [0, 0.1) is 20.8 Å². The van der Waals surface area contributed by atoms with Gasteiger partial charge in [-0.15, -0.1) is 22.7 Å². The van der Waals surface area contributed by atoms with E-state index in [0.717, 1.165) is 16.8 Å². The van der Waals surface area contributed by atoms with E-state index >= 15 is 0 Å². The maximum absolute atomic E-state index is 6.23. The zero-order valence-corrected chi connectivity index (χ0v) is 26.4. The van der Waals surface area contributed by atoms with Gasteiger partial charge in [0.2, 0.25) is 0 Å². The quantitative estimate of drug-likeness (QED) is 0.205. The number of fused-ring (bicyclic) bond motifs is 10. The number of rotatable bonds is 2. The first-order chi connectivity index (χ1) is 19.0. The van der Waals surface area contributed by atoms with E-state index in [1.807, 2.05) is 29.8 Å². The summed E-state index contributed by atoms with van der Waals surface area (Å²) in [5, 5.41) is 2.70. The van der Waals surface area contributed by atoms with Crippen molar-refractivity contribution < 1.29 is 4.74 Å². The second kappa shape index (κ2) is 7.81. The first-order valence-corrected chi connectivity index (χ1v) is 16.1. The second-order valence-corrected chi connectivity index (χ2v) is 15.3. The Morgan fingerprint density at radius 2 is 1.35 bits per heavy atom. The molecule has 0 spiro atoms. The van der Waals surface area contributed by atoms with Crippen LogP contribution in [-0.4, -0.2) is 15.9 Å². The van der Waals surface area contributed by atoms with Crippen molar-refractivity contribution in [2.24, 2.45) is 0 Å². The van der Waals surface area contributed by atoms with Crippen LogP contribution in [0.5, 0.6) is 5.75 Å². The van der Waals surface area contributed by atoms with E-state index in [1.54, 1.807) is 0 Å². The zero-order valence-electron chi connectivity index (χ0n) is 24.0. The van der Waals surface area contributed by atoms with Gasteiger partial charge in [0.1, 0.15) is 16.8 Å². The monoisotopic (exact) mass is 578 g/mol. The van der Waals surface area contributed by atoms with Gasteiger partial charge in [-0.3, -0.25) is 0 Å². The fraction of sp³-hybridized carbons (Fsp3) is 0.294. The molecule has 2 aliphatic rings. The highest BCUT2D eigenvalue weighted by Gasteiger charge is 2.44. The van der Waals surface area contributed by atoms with Crippen molar-refractivity contribution in [2.45, 2.75) is 59.3 Å². The number of methoxy groups -OCH3 is 1. The van der Waals surface area contributed by atoms with Crippen molar-refractivity contribution in [3.8, 4) is 37.1 Å². The van der Waals surface area contributed by atoms with Crippen LogP contribution in [0.15, 0.2) is 36.4 Å².